The van der Waals surface area contributed by atoms with E-state index in [4.69, 9.17) is 15.2 Å². The molecule has 5 aromatic carbocycles. The van der Waals surface area contributed by atoms with Crippen molar-refractivity contribution in [3.8, 4) is 11.1 Å². The topological polar surface area (TPSA) is 123 Å². The lowest BCUT2D eigenvalue weighted by Gasteiger charge is -2.36. The lowest BCUT2D eigenvalue weighted by molar-refractivity contribution is -0.245. The van der Waals surface area contributed by atoms with Crippen molar-refractivity contribution in [3.63, 3.8) is 0 Å². The van der Waals surface area contributed by atoms with Gasteiger partial charge in [0.15, 0.2) is 6.29 Å². The van der Waals surface area contributed by atoms with Crippen molar-refractivity contribution in [3.05, 3.63) is 150 Å². The van der Waals surface area contributed by atoms with Crippen LogP contribution in [0.1, 0.15) is 66.8 Å². The van der Waals surface area contributed by atoms with Crippen molar-refractivity contribution in [2.75, 3.05) is 16.8 Å². The minimum atomic E-state index is -0.538. The van der Waals surface area contributed by atoms with E-state index in [1.165, 1.54) is 4.90 Å². The second kappa shape index (κ2) is 18.5. The minimum absolute atomic E-state index is 0.00369. The Morgan fingerprint density at radius 3 is 2.17 bits per heavy atom. The molecule has 0 bridgehead atoms. The number of nitrogens with two attached hydrogens (primary N) is 1. The molecule has 1 saturated heterocycles. The highest BCUT2D eigenvalue weighted by molar-refractivity contribution is 7.99. The maximum Gasteiger partial charge on any atom is 0.224 e. The van der Waals surface area contributed by atoms with Gasteiger partial charge in [0, 0.05) is 42.0 Å². The number of unbranched alkanes of at least 4 members (excludes halogenated alkanes) is 1. The number of anilines is 2. The van der Waals surface area contributed by atoms with Crippen LogP contribution in [0, 0.1) is 0 Å². The van der Waals surface area contributed by atoms with Crippen LogP contribution in [0.25, 0.3) is 11.1 Å². The van der Waals surface area contributed by atoms with Crippen molar-refractivity contribution in [2.24, 2.45) is 0 Å². The van der Waals surface area contributed by atoms with Crippen LogP contribution < -0.4 is 16.4 Å². The fourth-order valence-corrected chi connectivity index (χ4v) is 7.12. The van der Waals surface area contributed by atoms with Crippen LogP contribution >= 0.6 is 11.8 Å². The number of thioether (sulfide) groups is 1. The summed E-state index contributed by atoms with van der Waals surface area (Å²) in [5, 5.41) is 15.4. The van der Waals surface area contributed by atoms with Crippen molar-refractivity contribution in [1.29, 1.82) is 0 Å². The van der Waals surface area contributed by atoms with Crippen LogP contribution in [0.3, 0.4) is 0 Å². The predicted molar refractivity (Wildman–Crippen MR) is 207 cm³/mol. The molecular weight excluding hydrogens is 671 g/mol. The van der Waals surface area contributed by atoms with Crippen LogP contribution in [0.15, 0.2) is 132 Å². The van der Waals surface area contributed by atoms with Gasteiger partial charge in [-0.25, -0.2) is 0 Å². The van der Waals surface area contributed by atoms with Gasteiger partial charge in [0.1, 0.15) is 0 Å². The van der Waals surface area contributed by atoms with Crippen molar-refractivity contribution < 1.29 is 24.2 Å². The quantitative estimate of drug-likeness (QED) is 0.0487. The third-order valence-electron chi connectivity index (χ3n) is 9.07. The number of aliphatic hydroxyl groups is 1. The Morgan fingerprint density at radius 2 is 1.42 bits per heavy atom. The van der Waals surface area contributed by atoms with E-state index in [-0.39, 0.29) is 30.6 Å². The molecule has 1 fully saturated rings. The molecule has 0 aliphatic carbocycles. The molecule has 5 N–H and O–H groups in total. The van der Waals surface area contributed by atoms with Gasteiger partial charge < -0.3 is 30.9 Å². The largest absolute Gasteiger partial charge is 0.397 e. The number of nitrogen functional groups attached to an aromatic ring is 1. The summed E-state index contributed by atoms with van der Waals surface area (Å²) < 4.78 is 13.1. The number of rotatable bonds is 15. The monoisotopic (exact) mass is 715 g/mol. The van der Waals surface area contributed by atoms with Gasteiger partial charge in [-0.2, -0.15) is 0 Å². The summed E-state index contributed by atoms with van der Waals surface area (Å²) in [5.74, 6) is 0.630. The number of aliphatic hydroxyl groups excluding tert-OH is 1. The Balaban J connectivity index is 1.05. The molecular formula is C43H45N3O5S. The van der Waals surface area contributed by atoms with E-state index in [0.29, 0.717) is 43.6 Å². The third kappa shape index (κ3) is 10.3. The normalized spacial score (nSPS) is 17.0. The van der Waals surface area contributed by atoms with E-state index in [1.807, 2.05) is 72.8 Å². The van der Waals surface area contributed by atoms with Gasteiger partial charge in [0.05, 0.1) is 30.2 Å². The lowest BCUT2D eigenvalue weighted by atomic mass is 9.97. The zero-order valence-corrected chi connectivity index (χ0v) is 29.9. The van der Waals surface area contributed by atoms with Crippen molar-refractivity contribution in [2.45, 2.75) is 68.6 Å². The van der Waals surface area contributed by atoms with Gasteiger partial charge in [0.25, 0.3) is 0 Å². The van der Waals surface area contributed by atoms with Gasteiger partial charge in [-0.3, -0.25) is 9.59 Å². The van der Waals surface area contributed by atoms with Gasteiger partial charge >= 0.3 is 0 Å². The number of hydrogen-bond acceptors (Lipinski definition) is 7. The standard InChI is InChI=1S/C43H45N3O5S/c44-38-14-6-7-15-39(38)46-42(49)17-9-8-16-41(48)45-27-34-10-4-5-13-37(34)31-22-24-33(25-23-31)43-50-35(29-52-36-11-2-1-3-12-36)26-40(51-43)32-20-18-30(28-47)19-21-32/h1-7,10-15,18-25,35,40,43,47H,8-9,16-17,26-29,44H2,(H,45,48)(H,46,49). The van der Waals surface area contributed by atoms with Crippen molar-refractivity contribution >= 4 is 35.0 Å². The van der Waals surface area contributed by atoms with E-state index in [0.717, 1.165) is 45.6 Å². The number of nitrogens with one attached hydrogen (secondary N) is 2. The first-order valence-corrected chi connectivity index (χ1v) is 18.7. The number of benzene rings is 5. The number of hydrogen-bond donors (Lipinski definition) is 4. The molecule has 1 aliphatic heterocycles. The molecule has 2 amide bonds. The zero-order valence-electron chi connectivity index (χ0n) is 29.1. The molecule has 3 atom stereocenters. The average molecular weight is 716 g/mol. The molecule has 0 radical (unpaired) electrons. The molecule has 5 aromatic rings. The summed E-state index contributed by atoms with van der Waals surface area (Å²) >= 11 is 1.78. The highest BCUT2D eigenvalue weighted by atomic mass is 32.2. The third-order valence-corrected chi connectivity index (χ3v) is 10.2. The first-order chi connectivity index (χ1) is 25.4. The van der Waals surface area contributed by atoms with Gasteiger partial charge in [0.2, 0.25) is 11.8 Å². The first-order valence-electron chi connectivity index (χ1n) is 17.7. The van der Waals surface area contributed by atoms with E-state index < -0.39 is 6.29 Å². The minimum Gasteiger partial charge on any atom is -0.397 e. The van der Waals surface area contributed by atoms with Crippen molar-refractivity contribution in [1.82, 2.24) is 5.32 Å². The fourth-order valence-electron chi connectivity index (χ4n) is 6.18. The van der Waals surface area contributed by atoms with E-state index in [1.54, 1.807) is 23.9 Å². The summed E-state index contributed by atoms with van der Waals surface area (Å²) in [6, 6.07) is 41.7. The van der Waals surface area contributed by atoms with Gasteiger partial charge in [-0.05, 0) is 64.9 Å². The summed E-state index contributed by atoms with van der Waals surface area (Å²) in [5.41, 5.74) is 13.0. The summed E-state index contributed by atoms with van der Waals surface area (Å²) in [6.07, 6.45) is 1.89. The molecule has 0 spiro atoms. The Kier molecular flexibility index (Phi) is 13.1. The van der Waals surface area contributed by atoms with E-state index >= 15 is 0 Å². The number of carbonyl (C=O) groups excluding carboxylic acids is 2. The second-order valence-electron chi connectivity index (χ2n) is 12.9. The van der Waals surface area contributed by atoms with Gasteiger partial charge in [-0.15, -0.1) is 11.8 Å². The number of ether oxygens (including phenoxy) is 2. The SMILES string of the molecule is Nc1ccccc1NC(=O)CCCCC(=O)NCc1ccccc1-c1ccc(C2OC(CSc3ccccc3)CC(c3ccc(CO)cc3)O2)cc1. The molecule has 1 heterocycles. The summed E-state index contributed by atoms with van der Waals surface area (Å²) in [7, 11) is 0. The van der Waals surface area contributed by atoms with Crippen LogP contribution in [-0.4, -0.2) is 28.8 Å². The van der Waals surface area contributed by atoms with Crippen LogP contribution in [0.5, 0.6) is 0 Å². The molecule has 3 unspecified atom stereocenters. The fraction of sp³-hybridized carbons (Fsp3) is 0.256. The number of amides is 2. The van der Waals surface area contributed by atoms with E-state index in [9.17, 15) is 14.7 Å². The summed E-state index contributed by atoms with van der Waals surface area (Å²) in [4.78, 5) is 26.2. The molecule has 6 rings (SSSR count). The maximum atomic E-state index is 12.7. The molecule has 52 heavy (non-hydrogen) atoms. The zero-order chi connectivity index (χ0) is 36.1. The van der Waals surface area contributed by atoms with Crippen LogP contribution in [-0.2, 0) is 32.2 Å². The molecule has 8 nitrogen and oxygen atoms in total. The predicted octanol–water partition coefficient (Wildman–Crippen LogP) is 8.58. The molecule has 0 saturated carbocycles. The van der Waals surface area contributed by atoms with E-state index in [2.05, 4.69) is 53.1 Å². The number of carbonyl (C=O) groups is 2. The van der Waals surface area contributed by atoms with Gasteiger partial charge in [-0.1, -0.05) is 103 Å². The molecule has 268 valence electrons. The second-order valence-corrected chi connectivity index (χ2v) is 14.0. The highest BCUT2D eigenvalue weighted by Crippen LogP contribution is 2.40. The Morgan fingerprint density at radius 1 is 0.750 bits per heavy atom. The average Bonchev–Trinajstić information content (AvgIpc) is 3.19. The smallest absolute Gasteiger partial charge is 0.224 e. The lowest BCUT2D eigenvalue weighted by Crippen LogP contribution is -2.31. The maximum absolute atomic E-state index is 12.7. The van der Waals surface area contributed by atoms with Crippen LogP contribution in [0.4, 0.5) is 11.4 Å². The highest BCUT2D eigenvalue weighted by Gasteiger charge is 2.32. The Bertz CT molecular complexity index is 1900. The Hall–Kier alpha value is -4.93. The van der Waals surface area contributed by atoms with Crippen LogP contribution in [0.2, 0.25) is 0 Å². The Labute approximate surface area is 309 Å². The molecule has 9 heteroatoms. The number of para-hydroxylation sites is 2. The summed E-state index contributed by atoms with van der Waals surface area (Å²) in [6.45, 7) is 0.403. The first kappa shape index (κ1) is 36.8. The molecule has 1 aliphatic rings. The molecule has 0 aromatic heterocycles.